The molecule has 1 aliphatic rings. The maximum absolute atomic E-state index is 10.1. The monoisotopic (exact) mass is 214 g/mol. The van der Waals surface area contributed by atoms with E-state index in [2.05, 4.69) is 13.8 Å². The third-order valence-electron chi connectivity index (χ3n) is 3.62. The summed E-state index contributed by atoms with van der Waals surface area (Å²) in [6, 6.07) is 0. The predicted octanol–water partition coefficient (Wildman–Crippen LogP) is 2.99. The van der Waals surface area contributed by atoms with E-state index in [1.165, 1.54) is 32.1 Å². The molecule has 2 heteroatoms. The smallest absolute Gasteiger partial charge is 0.0804 e. The molecule has 0 radical (unpaired) electrons. The Morgan fingerprint density at radius 1 is 1.27 bits per heavy atom. The molecule has 0 saturated heterocycles. The van der Waals surface area contributed by atoms with Crippen LogP contribution in [0.5, 0.6) is 0 Å². The number of aliphatic hydroxyl groups excluding tert-OH is 1. The van der Waals surface area contributed by atoms with Crippen LogP contribution in [-0.2, 0) is 4.74 Å². The van der Waals surface area contributed by atoms with Gasteiger partial charge in [0.25, 0.3) is 0 Å². The van der Waals surface area contributed by atoms with E-state index >= 15 is 0 Å². The summed E-state index contributed by atoms with van der Waals surface area (Å²) in [4.78, 5) is 0. The van der Waals surface area contributed by atoms with Gasteiger partial charge in [0.15, 0.2) is 0 Å². The second-order valence-corrected chi connectivity index (χ2v) is 4.76. The molecule has 3 atom stereocenters. The highest BCUT2D eigenvalue weighted by atomic mass is 16.5. The molecule has 0 aromatic heterocycles. The second kappa shape index (κ2) is 7.24. The summed E-state index contributed by atoms with van der Waals surface area (Å²) in [6.45, 7) is 5.65. The van der Waals surface area contributed by atoms with Gasteiger partial charge in [-0.15, -0.1) is 0 Å². The predicted molar refractivity (Wildman–Crippen MR) is 62.9 cm³/mol. The highest BCUT2D eigenvalue weighted by Crippen LogP contribution is 2.34. The van der Waals surface area contributed by atoms with Crippen molar-refractivity contribution in [3.05, 3.63) is 0 Å². The Morgan fingerprint density at radius 2 is 2.00 bits per heavy atom. The summed E-state index contributed by atoms with van der Waals surface area (Å²) in [5, 5.41) is 10.1. The molecule has 0 bridgehead atoms. The van der Waals surface area contributed by atoms with Gasteiger partial charge < -0.3 is 9.84 Å². The second-order valence-electron chi connectivity index (χ2n) is 4.76. The summed E-state index contributed by atoms with van der Waals surface area (Å²) in [7, 11) is 0. The summed E-state index contributed by atoms with van der Waals surface area (Å²) in [6.07, 6.45) is 7.12. The number of ether oxygens (including phenoxy) is 1. The van der Waals surface area contributed by atoms with Crippen LogP contribution in [0.25, 0.3) is 0 Å². The Kier molecular flexibility index (Phi) is 6.26. The first-order chi connectivity index (χ1) is 7.29. The molecule has 0 aromatic rings. The standard InChI is InChI=1S/C13H26O2/c1-3-9-15-10-13(14)12-8-6-5-7-11(12)4-2/h11-14H,3-10H2,1-2H3. The first-order valence-corrected chi connectivity index (χ1v) is 6.55. The van der Waals surface area contributed by atoms with Crippen LogP contribution in [0.4, 0.5) is 0 Å². The molecule has 90 valence electrons. The molecule has 0 aliphatic heterocycles. The lowest BCUT2D eigenvalue weighted by atomic mass is 9.75. The van der Waals surface area contributed by atoms with Gasteiger partial charge in [-0.1, -0.05) is 39.5 Å². The van der Waals surface area contributed by atoms with Crippen LogP contribution in [0.3, 0.4) is 0 Å². The SMILES string of the molecule is CCCOCC(O)C1CCCCC1CC. The Balaban J connectivity index is 2.31. The van der Waals surface area contributed by atoms with Crippen LogP contribution in [0.1, 0.15) is 52.4 Å². The van der Waals surface area contributed by atoms with E-state index in [1.54, 1.807) is 0 Å². The van der Waals surface area contributed by atoms with Gasteiger partial charge in [-0.05, 0) is 24.7 Å². The molecule has 2 nitrogen and oxygen atoms in total. The van der Waals surface area contributed by atoms with E-state index in [-0.39, 0.29) is 6.10 Å². The summed E-state index contributed by atoms with van der Waals surface area (Å²) in [5.74, 6) is 1.21. The largest absolute Gasteiger partial charge is 0.390 e. The number of hydrogen-bond donors (Lipinski definition) is 1. The van der Waals surface area contributed by atoms with E-state index in [4.69, 9.17) is 4.74 Å². The average Bonchev–Trinajstić information content (AvgIpc) is 2.29. The Labute approximate surface area is 94.0 Å². The van der Waals surface area contributed by atoms with Gasteiger partial charge in [0, 0.05) is 6.61 Å². The van der Waals surface area contributed by atoms with Crippen molar-refractivity contribution in [1.29, 1.82) is 0 Å². The highest BCUT2D eigenvalue weighted by Gasteiger charge is 2.29. The maximum atomic E-state index is 10.1. The van der Waals surface area contributed by atoms with Gasteiger partial charge >= 0.3 is 0 Å². The van der Waals surface area contributed by atoms with Gasteiger partial charge in [0.05, 0.1) is 12.7 Å². The Morgan fingerprint density at radius 3 is 2.67 bits per heavy atom. The molecule has 0 aromatic carbocycles. The topological polar surface area (TPSA) is 29.5 Å². The fourth-order valence-electron chi connectivity index (χ4n) is 2.72. The molecule has 3 unspecified atom stereocenters. The first kappa shape index (κ1) is 13.0. The quantitative estimate of drug-likeness (QED) is 0.689. The van der Waals surface area contributed by atoms with Crippen molar-refractivity contribution in [3.8, 4) is 0 Å². The van der Waals surface area contributed by atoms with Crippen LogP contribution < -0.4 is 0 Å². The molecule has 0 amide bonds. The normalized spacial score (nSPS) is 29.0. The molecule has 1 N–H and O–H groups in total. The molecule has 1 rings (SSSR count). The Hall–Kier alpha value is -0.0800. The summed E-state index contributed by atoms with van der Waals surface area (Å²) < 4.78 is 5.44. The average molecular weight is 214 g/mol. The summed E-state index contributed by atoms with van der Waals surface area (Å²) in [5.41, 5.74) is 0. The van der Waals surface area contributed by atoms with E-state index in [1.807, 2.05) is 0 Å². The van der Waals surface area contributed by atoms with Crippen LogP contribution in [0.2, 0.25) is 0 Å². The van der Waals surface area contributed by atoms with Gasteiger partial charge in [0.2, 0.25) is 0 Å². The minimum absolute atomic E-state index is 0.234. The summed E-state index contributed by atoms with van der Waals surface area (Å²) >= 11 is 0. The highest BCUT2D eigenvalue weighted by molar-refractivity contribution is 4.79. The number of rotatable bonds is 6. The van der Waals surface area contributed by atoms with Crippen molar-refractivity contribution < 1.29 is 9.84 Å². The zero-order chi connectivity index (χ0) is 11.1. The lowest BCUT2D eigenvalue weighted by Gasteiger charge is -2.34. The molecule has 1 aliphatic carbocycles. The van der Waals surface area contributed by atoms with Crippen molar-refractivity contribution >= 4 is 0 Å². The molecular weight excluding hydrogens is 188 g/mol. The van der Waals surface area contributed by atoms with Gasteiger partial charge in [-0.2, -0.15) is 0 Å². The molecule has 0 spiro atoms. The van der Waals surface area contributed by atoms with Crippen molar-refractivity contribution in [1.82, 2.24) is 0 Å². The third-order valence-corrected chi connectivity index (χ3v) is 3.62. The zero-order valence-corrected chi connectivity index (χ0v) is 10.2. The fraction of sp³-hybridized carbons (Fsp3) is 1.00. The molecule has 0 heterocycles. The lowest BCUT2D eigenvalue weighted by Crippen LogP contribution is -2.33. The molecule has 1 saturated carbocycles. The number of aliphatic hydroxyl groups is 1. The van der Waals surface area contributed by atoms with Crippen LogP contribution >= 0.6 is 0 Å². The molecule has 15 heavy (non-hydrogen) atoms. The zero-order valence-electron chi connectivity index (χ0n) is 10.2. The van der Waals surface area contributed by atoms with Crippen molar-refractivity contribution in [3.63, 3.8) is 0 Å². The number of hydrogen-bond acceptors (Lipinski definition) is 2. The minimum Gasteiger partial charge on any atom is -0.390 e. The van der Waals surface area contributed by atoms with Gasteiger partial charge in [0.1, 0.15) is 0 Å². The molecule has 1 fully saturated rings. The maximum Gasteiger partial charge on any atom is 0.0804 e. The van der Waals surface area contributed by atoms with Crippen molar-refractivity contribution in [2.75, 3.05) is 13.2 Å². The fourth-order valence-corrected chi connectivity index (χ4v) is 2.72. The minimum atomic E-state index is -0.234. The van der Waals surface area contributed by atoms with Crippen LogP contribution in [-0.4, -0.2) is 24.4 Å². The van der Waals surface area contributed by atoms with E-state index in [9.17, 15) is 5.11 Å². The van der Waals surface area contributed by atoms with Gasteiger partial charge in [-0.3, -0.25) is 0 Å². The lowest BCUT2D eigenvalue weighted by molar-refractivity contribution is -0.0235. The first-order valence-electron chi connectivity index (χ1n) is 6.55. The van der Waals surface area contributed by atoms with Crippen LogP contribution in [0, 0.1) is 11.8 Å². The van der Waals surface area contributed by atoms with E-state index < -0.39 is 0 Å². The van der Waals surface area contributed by atoms with E-state index in [0.717, 1.165) is 18.9 Å². The van der Waals surface area contributed by atoms with Crippen LogP contribution in [0.15, 0.2) is 0 Å². The van der Waals surface area contributed by atoms with Gasteiger partial charge in [-0.25, -0.2) is 0 Å². The third kappa shape index (κ3) is 4.12. The van der Waals surface area contributed by atoms with Crippen molar-refractivity contribution in [2.24, 2.45) is 11.8 Å². The molecular formula is C13H26O2. The van der Waals surface area contributed by atoms with Crippen molar-refractivity contribution in [2.45, 2.75) is 58.5 Å². The Bertz CT molecular complexity index is 159. The van der Waals surface area contributed by atoms with E-state index in [0.29, 0.717) is 12.5 Å².